The van der Waals surface area contributed by atoms with Crippen molar-refractivity contribution in [1.82, 2.24) is 0 Å². The van der Waals surface area contributed by atoms with Gasteiger partial charge in [-0.2, -0.15) is 0 Å². The predicted molar refractivity (Wildman–Crippen MR) is 50.3 cm³/mol. The quantitative estimate of drug-likeness (QED) is 0.727. The Bertz CT molecular complexity index is 273. The van der Waals surface area contributed by atoms with Gasteiger partial charge in [0.1, 0.15) is 0 Å². The average molecular weight is 245 g/mol. The number of rotatable bonds is 4. The van der Waals surface area contributed by atoms with Crippen molar-refractivity contribution in [1.29, 1.82) is 0 Å². The number of carbonyl (C=O) groups is 1. The molecule has 1 rings (SSSR count). The second-order valence-electron chi connectivity index (χ2n) is 2.48. The van der Waals surface area contributed by atoms with E-state index in [1.165, 1.54) is 0 Å². The van der Waals surface area contributed by atoms with Crippen LogP contribution in [0.15, 0.2) is 30.3 Å². The van der Waals surface area contributed by atoms with Crippen LogP contribution in [0, 0.1) is 0 Å². The summed E-state index contributed by atoms with van der Waals surface area (Å²) in [5, 5.41) is 17.7. The van der Waals surface area contributed by atoms with Crippen LogP contribution in [-0.2, 0) is 4.79 Å². The van der Waals surface area contributed by atoms with Gasteiger partial charge < -0.3 is 0 Å². The molecule has 0 spiro atoms. The second kappa shape index (κ2) is 5.02. The zero-order valence-corrected chi connectivity index (χ0v) is 8.60. The molecule has 1 atom stereocenters. The molecule has 0 aliphatic heterocycles. The van der Waals surface area contributed by atoms with Gasteiger partial charge in [-0.3, -0.25) is 0 Å². The molecule has 0 heterocycles. The summed E-state index contributed by atoms with van der Waals surface area (Å²) in [6.45, 7) is 0. The topological polar surface area (TPSA) is 57.5 Å². The van der Waals surface area contributed by atoms with E-state index >= 15 is 0 Å². The van der Waals surface area contributed by atoms with Crippen LogP contribution < -0.4 is 4.46 Å². The summed E-state index contributed by atoms with van der Waals surface area (Å²) in [6.07, 6.45) is -1.22. The minimum absolute atomic E-state index is 0.0407. The van der Waals surface area contributed by atoms with Gasteiger partial charge in [-0.15, -0.1) is 0 Å². The summed E-state index contributed by atoms with van der Waals surface area (Å²) >= 11 is 0.0407. The molecule has 0 unspecified atom stereocenters. The molecule has 13 heavy (non-hydrogen) atoms. The van der Waals surface area contributed by atoms with Crippen molar-refractivity contribution in [2.45, 2.75) is 11.4 Å². The molecular weight excluding hydrogens is 235 g/mol. The molecule has 1 aromatic rings. The van der Waals surface area contributed by atoms with Crippen LogP contribution in [0.25, 0.3) is 0 Å². The number of carboxylic acids is 1. The van der Waals surface area contributed by atoms with Crippen LogP contribution in [0.2, 0.25) is 5.32 Å². The molecule has 0 aliphatic rings. The van der Waals surface area contributed by atoms with Crippen molar-refractivity contribution in [3.05, 3.63) is 30.3 Å². The monoisotopic (exact) mass is 246 g/mol. The first kappa shape index (κ1) is 10.3. The second-order valence-corrected chi connectivity index (χ2v) is 4.77. The van der Waals surface area contributed by atoms with Crippen LogP contribution in [0.5, 0.6) is 0 Å². The number of benzene rings is 1. The molecule has 0 radical (unpaired) electrons. The van der Waals surface area contributed by atoms with Crippen molar-refractivity contribution < 1.29 is 15.0 Å². The van der Waals surface area contributed by atoms with E-state index in [0.717, 1.165) is 4.46 Å². The van der Waals surface area contributed by atoms with Gasteiger partial charge in [0.05, 0.1) is 0 Å². The number of hydrogen-bond donors (Lipinski definition) is 2. The zero-order chi connectivity index (χ0) is 9.68. The van der Waals surface area contributed by atoms with Gasteiger partial charge in [0.2, 0.25) is 0 Å². The molecule has 0 aromatic heterocycles. The summed E-state index contributed by atoms with van der Waals surface area (Å²) in [6, 6.07) is 9.60. The molecule has 0 aliphatic carbocycles. The van der Waals surface area contributed by atoms with Crippen molar-refractivity contribution in [3.63, 3.8) is 0 Å². The first-order chi connectivity index (χ1) is 6.20. The summed E-state index contributed by atoms with van der Waals surface area (Å²) in [5.41, 5.74) is 0. The van der Waals surface area contributed by atoms with Crippen LogP contribution in [0.3, 0.4) is 0 Å². The van der Waals surface area contributed by atoms with E-state index in [9.17, 15) is 4.79 Å². The van der Waals surface area contributed by atoms with Crippen LogP contribution >= 0.6 is 0 Å². The molecule has 2 N–H and O–H groups in total. The fourth-order valence-corrected chi connectivity index (χ4v) is 2.53. The third kappa shape index (κ3) is 3.59. The van der Waals surface area contributed by atoms with E-state index in [1.807, 2.05) is 30.3 Å². The van der Waals surface area contributed by atoms with Gasteiger partial charge in [0.25, 0.3) is 0 Å². The Morgan fingerprint density at radius 1 is 1.38 bits per heavy atom. The Morgan fingerprint density at radius 3 is 2.54 bits per heavy atom. The molecule has 4 heteroatoms. The number of aliphatic carboxylic acids is 1. The van der Waals surface area contributed by atoms with E-state index < -0.39 is 12.1 Å². The van der Waals surface area contributed by atoms with Crippen LogP contribution in [0.4, 0.5) is 0 Å². The molecule has 0 amide bonds. The van der Waals surface area contributed by atoms with Gasteiger partial charge in [-0.1, -0.05) is 0 Å². The Labute approximate surface area is 82.6 Å². The number of aliphatic hydroxyl groups excluding tert-OH is 1. The normalized spacial score (nSPS) is 12.4. The first-order valence-electron chi connectivity index (χ1n) is 3.79. The summed E-state index contributed by atoms with van der Waals surface area (Å²) in [5.74, 6) is -1.14. The first-order valence-corrected chi connectivity index (χ1v) is 5.85. The van der Waals surface area contributed by atoms with Crippen LogP contribution in [0.1, 0.15) is 0 Å². The summed E-state index contributed by atoms with van der Waals surface area (Å²) < 4.78 is 1.11. The molecular formula is C9H10O3Se. The fraction of sp³-hybridized carbons (Fsp3) is 0.222. The molecule has 0 saturated heterocycles. The van der Waals surface area contributed by atoms with Gasteiger partial charge in [-0.05, 0) is 0 Å². The van der Waals surface area contributed by atoms with Gasteiger partial charge in [0, 0.05) is 0 Å². The third-order valence-electron chi connectivity index (χ3n) is 1.44. The Morgan fingerprint density at radius 2 is 2.00 bits per heavy atom. The summed E-state index contributed by atoms with van der Waals surface area (Å²) in [4.78, 5) is 10.3. The summed E-state index contributed by atoms with van der Waals surface area (Å²) in [7, 11) is 0. The maximum atomic E-state index is 10.3. The van der Waals surface area contributed by atoms with E-state index in [1.54, 1.807) is 0 Å². The van der Waals surface area contributed by atoms with Crippen molar-refractivity contribution in [2.75, 3.05) is 0 Å². The van der Waals surface area contributed by atoms with Crippen LogP contribution in [-0.4, -0.2) is 37.2 Å². The number of aliphatic hydroxyl groups is 1. The van der Waals surface area contributed by atoms with Gasteiger partial charge in [0.15, 0.2) is 0 Å². The molecule has 0 saturated carbocycles. The van der Waals surface area contributed by atoms with E-state index in [4.69, 9.17) is 10.2 Å². The van der Waals surface area contributed by atoms with Gasteiger partial charge in [-0.25, -0.2) is 0 Å². The zero-order valence-electron chi connectivity index (χ0n) is 6.88. The Kier molecular flexibility index (Phi) is 3.96. The van der Waals surface area contributed by atoms with E-state index in [-0.39, 0.29) is 15.0 Å². The van der Waals surface area contributed by atoms with E-state index in [0.29, 0.717) is 5.32 Å². The number of hydrogen-bond acceptors (Lipinski definition) is 2. The van der Waals surface area contributed by atoms with Crippen molar-refractivity contribution in [3.8, 4) is 0 Å². The SMILES string of the molecule is O=C(O)[C@@H](O)C[Se]c1ccccc1. The third-order valence-corrected chi connectivity index (χ3v) is 3.72. The minimum atomic E-state index is -1.22. The van der Waals surface area contributed by atoms with Gasteiger partial charge >= 0.3 is 82.2 Å². The Hall–Kier alpha value is -0.831. The predicted octanol–water partition coefficient (Wildman–Crippen LogP) is -0.120. The fourth-order valence-electron chi connectivity index (χ4n) is 0.763. The molecule has 0 fully saturated rings. The Balaban J connectivity index is 2.39. The standard InChI is InChI=1S/C9H10O3Se/c10-8(9(11)12)6-13-7-4-2-1-3-5-7/h1-5,8,10H,6H2,(H,11,12)/t8-/m0/s1. The molecule has 3 nitrogen and oxygen atoms in total. The van der Waals surface area contributed by atoms with Crippen molar-refractivity contribution >= 4 is 25.4 Å². The molecule has 1 aromatic carbocycles. The molecule has 70 valence electrons. The average Bonchev–Trinajstić information content (AvgIpc) is 2.15. The number of carboxylic acid groups (broad SMARTS) is 1. The van der Waals surface area contributed by atoms with E-state index in [2.05, 4.69) is 0 Å². The molecule has 0 bridgehead atoms. The maximum absolute atomic E-state index is 10.3. The van der Waals surface area contributed by atoms with Crippen molar-refractivity contribution in [2.24, 2.45) is 0 Å².